The molecule has 158 valence electrons. The van der Waals surface area contributed by atoms with Gasteiger partial charge in [-0.2, -0.15) is 0 Å². The van der Waals surface area contributed by atoms with Gasteiger partial charge in [-0.1, -0.05) is 23.5 Å². The number of non-ortho nitro benzene ring substituents is 2. The van der Waals surface area contributed by atoms with E-state index in [0.717, 1.165) is 36.5 Å². The van der Waals surface area contributed by atoms with Crippen molar-refractivity contribution in [2.45, 2.75) is 9.10 Å². The zero-order valence-corrected chi connectivity index (χ0v) is 17.0. The summed E-state index contributed by atoms with van der Waals surface area (Å²) in [6.45, 7) is 0. The highest BCUT2D eigenvalue weighted by molar-refractivity contribution is 7.93. The zero-order chi connectivity index (χ0) is 22.6. The zero-order valence-electron chi connectivity index (χ0n) is 15.4. The lowest BCUT2D eigenvalue weighted by Crippen LogP contribution is -2.07. The Morgan fingerprint density at radius 3 is 2.35 bits per heavy atom. The van der Waals surface area contributed by atoms with Gasteiger partial charge in [0.05, 0.1) is 20.9 Å². The van der Waals surface area contributed by atoms with E-state index in [1.54, 1.807) is 6.07 Å². The maximum Gasteiger partial charge on any atom is 0.270 e. The van der Waals surface area contributed by atoms with E-state index in [0.29, 0.717) is 16.9 Å². The van der Waals surface area contributed by atoms with Crippen LogP contribution in [0.2, 0.25) is 0 Å². The number of nitrogens with zero attached hydrogens (tertiary/aromatic N) is 3. The van der Waals surface area contributed by atoms with Crippen LogP contribution in [0, 0.1) is 20.2 Å². The van der Waals surface area contributed by atoms with E-state index >= 15 is 0 Å². The standard InChI is InChI=1S/C18H12N4O7S2/c23-16(9-4-12-2-1-3-14(10-12)22(26)27)20-18-19-11-17(30-18)31(28,29)15-7-5-13(6-8-15)21(24)25/h1-11H,(H,19,20,23). The predicted molar refractivity (Wildman–Crippen MR) is 111 cm³/mol. The number of nitro benzene ring substituents is 2. The number of benzene rings is 2. The molecule has 11 nitrogen and oxygen atoms in total. The molecule has 1 aromatic heterocycles. The Morgan fingerprint density at radius 2 is 1.71 bits per heavy atom. The van der Waals surface area contributed by atoms with E-state index in [-0.39, 0.29) is 25.6 Å². The third-order valence-electron chi connectivity index (χ3n) is 3.85. The third kappa shape index (κ3) is 5.15. The summed E-state index contributed by atoms with van der Waals surface area (Å²) >= 11 is 0.713. The first kappa shape index (κ1) is 21.7. The Bertz CT molecular complexity index is 1300. The van der Waals surface area contributed by atoms with Gasteiger partial charge in [-0.25, -0.2) is 13.4 Å². The SMILES string of the molecule is O=C(C=Cc1cccc([N+](=O)[O-])c1)Nc1ncc(S(=O)(=O)c2ccc([N+](=O)[O-])cc2)s1. The molecule has 0 unspecified atom stereocenters. The number of rotatable bonds is 7. The Labute approximate surface area is 178 Å². The fourth-order valence-corrected chi connectivity index (χ4v) is 4.80. The van der Waals surface area contributed by atoms with Gasteiger partial charge in [0, 0.05) is 30.3 Å². The first-order valence-corrected chi connectivity index (χ1v) is 10.7. The Balaban J connectivity index is 1.71. The van der Waals surface area contributed by atoms with E-state index in [1.807, 2.05) is 0 Å². The first-order chi connectivity index (χ1) is 14.7. The van der Waals surface area contributed by atoms with Gasteiger partial charge in [0.25, 0.3) is 11.4 Å². The van der Waals surface area contributed by atoms with Gasteiger partial charge in [-0.05, 0) is 23.8 Å². The van der Waals surface area contributed by atoms with Crippen LogP contribution in [0.4, 0.5) is 16.5 Å². The van der Waals surface area contributed by atoms with Gasteiger partial charge < -0.3 is 0 Å². The quantitative estimate of drug-likeness (QED) is 0.318. The molecule has 0 aliphatic heterocycles. The molecule has 1 N–H and O–H groups in total. The van der Waals surface area contributed by atoms with Crippen molar-refractivity contribution in [3.63, 3.8) is 0 Å². The van der Waals surface area contributed by atoms with Crippen LogP contribution in [-0.4, -0.2) is 29.2 Å². The number of hydrogen-bond donors (Lipinski definition) is 1. The van der Waals surface area contributed by atoms with Gasteiger partial charge in [-0.15, -0.1) is 0 Å². The molecule has 0 aliphatic rings. The summed E-state index contributed by atoms with van der Waals surface area (Å²) in [5.41, 5.74) is 0.0697. The molecule has 13 heteroatoms. The number of thiazole rings is 1. The molecule has 31 heavy (non-hydrogen) atoms. The van der Waals surface area contributed by atoms with Crippen molar-refractivity contribution in [2.75, 3.05) is 5.32 Å². The number of hydrogen-bond acceptors (Lipinski definition) is 9. The summed E-state index contributed by atoms with van der Waals surface area (Å²) < 4.78 is 25.1. The molecule has 1 heterocycles. The van der Waals surface area contributed by atoms with Crippen LogP contribution in [0.3, 0.4) is 0 Å². The minimum atomic E-state index is -3.96. The molecule has 0 fully saturated rings. The van der Waals surface area contributed by atoms with E-state index < -0.39 is 25.6 Å². The van der Waals surface area contributed by atoms with Crippen LogP contribution in [-0.2, 0) is 14.6 Å². The smallest absolute Gasteiger partial charge is 0.270 e. The number of nitrogens with one attached hydrogen (secondary N) is 1. The summed E-state index contributed by atoms with van der Waals surface area (Å²) in [5, 5.41) is 23.9. The maximum atomic E-state index is 12.6. The number of nitro groups is 2. The Hall–Kier alpha value is -3.97. The van der Waals surface area contributed by atoms with E-state index in [2.05, 4.69) is 10.3 Å². The molecule has 0 saturated heterocycles. The van der Waals surface area contributed by atoms with Gasteiger partial charge >= 0.3 is 0 Å². The largest absolute Gasteiger partial charge is 0.298 e. The summed E-state index contributed by atoms with van der Waals surface area (Å²) in [6, 6.07) is 10.1. The van der Waals surface area contributed by atoms with Crippen molar-refractivity contribution in [2.24, 2.45) is 0 Å². The van der Waals surface area contributed by atoms with Crippen molar-refractivity contribution in [3.05, 3.63) is 86.6 Å². The molecular formula is C18H12N4O7S2. The highest BCUT2D eigenvalue weighted by atomic mass is 32.2. The fourth-order valence-electron chi connectivity index (χ4n) is 2.37. The molecule has 0 atom stereocenters. The number of anilines is 1. The molecule has 1 amide bonds. The summed E-state index contributed by atoms with van der Waals surface area (Å²) in [5.74, 6) is -0.611. The number of carbonyl (C=O) groups excluding carboxylic acids is 1. The van der Waals surface area contributed by atoms with Crippen molar-refractivity contribution in [1.29, 1.82) is 0 Å². The second-order valence-corrected chi connectivity index (χ2v) is 9.12. The van der Waals surface area contributed by atoms with Gasteiger partial charge in [0.1, 0.15) is 4.21 Å². The highest BCUT2D eigenvalue weighted by Crippen LogP contribution is 2.29. The number of sulfone groups is 1. The Kier molecular flexibility index (Phi) is 6.17. The highest BCUT2D eigenvalue weighted by Gasteiger charge is 2.22. The molecular weight excluding hydrogens is 448 g/mol. The third-order valence-corrected chi connectivity index (χ3v) is 6.99. The van der Waals surface area contributed by atoms with Crippen LogP contribution in [0.25, 0.3) is 6.08 Å². The maximum absolute atomic E-state index is 12.6. The predicted octanol–water partition coefficient (Wildman–Crippen LogP) is 3.44. The second-order valence-electron chi connectivity index (χ2n) is 5.91. The van der Waals surface area contributed by atoms with Crippen LogP contribution >= 0.6 is 11.3 Å². The average molecular weight is 460 g/mol. The lowest BCUT2D eigenvalue weighted by Gasteiger charge is -2.00. The molecule has 0 saturated carbocycles. The topological polar surface area (TPSA) is 162 Å². The van der Waals surface area contributed by atoms with E-state index in [9.17, 15) is 33.4 Å². The molecule has 0 spiro atoms. The average Bonchev–Trinajstić information content (AvgIpc) is 3.22. The van der Waals surface area contributed by atoms with Crippen molar-refractivity contribution in [1.82, 2.24) is 4.98 Å². The molecule has 0 radical (unpaired) electrons. The van der Waals surface area contributed by atoms with Gasteiger partial charge in [-0.3, -0.25) is 30.3 Å². The van der Waals surface area contributed by atoms with E-state index in [4.69, 9.17) is 0 Å². The fraction of sp³-hybridized carbons (Fsp3) is 0. The molecule has 2 aromatic carbocycles. The van der Waals surface area contributed by atoms with Crippen LogP contribution in [0.15, 0.2) is 69.9 Å². The summed E-state index contributed by atoms with van der Waals surface area (Å²) in [7, 11) is -3.96. The van der Waals surface area contributed by atoms with Gasteiger partial charge in [0.15, 0.2) is 5.13 Å². The molecule has 0 aliphatic carbocycles. The monoisotopic (exact) mass is 460 g/mol. The lowest BCUT2D eigenvalue weighted by molar-refractivity contribution is -0.385. The molecule has 3 aromatic rings. The Morgan fingerprint density at radius 1 is 1.03 bits per heavy atom. The lowest BCUT2D eigenvalue weighted by atomic mass is 10.2. The number of aromatic nitrogens is 1. The van der Waals surface area contributed by atoms with Gasteiger partial charge in [0.2, 0.25) is 15.7 Å². The first-order valence-electron chi connectivity index (χ1n) is 8.36. The molecule has 0 bridgehead atoms. The van der Waals surface area contributed by atoms with Crippen LogP contribution in [0.5, 0.6) is 0 Å². The number of amides is 1. The minimum Gasteiger partial charge on any atom is -0.298 e. The normalized spacial score (nSPS) is 11.4. The van der Waals surface area contributed by atoms with Crippen LogP contribution in [0.1, 0.15) is 5.56 Å². The molecule has 3 rings (SSSR count). The van der Waals surface area contributed by atoms with Crippen LogP contribution < -0.4 is 5.32 Å². The summed E-state index contributed by atoms with van der Waals surface area (Å²) in [4.78, 5) is 36.1. The van der Waals surface area contributed by atoms with Crippen molar-refractivity contribution in [3.8, 4) is 0 Å². The van der Waals surface area contributed by atoms with Crippen molar-refractivity contribution >= 4 is 49.7 Å². The minimum absolute atomic E-state index is 0.0224. The second kappa shape index (κ2) is 8.81. The summed E-state index contributed by atoms with van der Waals surface area (Å²) in [6.07, 6.45) is 3.57. The van der Waals surface area contributed by atoms with E-state index in [1.165, 1.54) is 24.3 Å². The van der Waals surface area contributed by atoms with Crippen molar-refractivity contribution < 1.29 is 23.1 Å². The number of carbonyl (C=O) groups is 1.